The maximum Gasteiger partial charge on any atom is 0.119 e. The average Bonchev–Trinajstić information content (AvgIpc) is 2.91. The van der Waals surface area contributed by atoms with Crippen molar-refractivity contribution in [1.82, 2.24) is 9.78 Å². The molecule has 1 heterocycles. The Hall–Kier alpha value is -2.10. The first-order valence-electron chi connectivity index (χ1n) is 10.4. The number of unbranched alkanes of at least 4 members (excludes halogenated alkanes) is 7. The molecule has 27 heavy (non-hydrogen) atoms. The molecule has 0 saturated carbocycles. The summed E-state index contributed by atoms with van der Waals surface area (Å²) in [6.45, 7) is 7.09. The molecule has 4 nitrogen and oxygen atoms in total. The zero-order valence-corrected chi connectivity index (χ0v) is 17.5. The number of rotatable bonds is 12. The van der Waals surface area contributed by atoms with Gasteiger partial charge in [0, 0.05) is 13.3 Å². The molecule has 4 heteroatoms. The molecule has 1 aromatic carbocycles. The van der Waals surface area contributed by atoms with E-state index in [0.29, 0.717) is 0 Å². The Morgan fingerprint density at radius 2 is 1.59 bits per heavy atom. The molecule has 0 bridgehead atoms. The van der Waals surface area contributed by atoms with Crippen LogP contribution in [0.25, 0.3) is 0 Å². The molecule has 2 rings (SSSR count). The highest BCUT2D eigenvalue weighted by atomic mass is 16.5. The fourth-order valence-corrected chi connectivity index (χ4v) is 3.16. The van der Waals surface area contributed by atoms with Crippen LogP contribution in [0.5, 0.6) is 5.75 Å². The van der Waals surface area contributed by atoms with Crippen molar-refractivity contribution in [1.29, 1.82) is 0 Å². The summed E-state index contributed by atoms with van der Waals surface area (Å²) < 4.78 is 7.72. The fraction of sp³-hybridized carbons (Fsp3) is 0.565. The Labute approximate surface area is 164 Å². The lowest BCUT2D eigenvalue weighted by Gasteiger charge is -2.06. The van der Waals surface area contributed by atoms with E-state index >= 15 is 0 Å². The van der Waals surface area contributed by atoms with E-state index in [-0.39, 0.29) is 0 Å². The molecule has 0 N–H and O–H groups in total. The molecule has 0 atom stereocenters. The van der Waals surface area contributed by atoms with E-state index in [2.05, 4.69) is 17.0 Å². The Bertz CT molecular complexity index is 701. The van der Waals surface area contributed by atoms with Gasteiger partial charge < -0.3 is 4.74 Å². The third kappa shape index (κ3) is 7.20. The molecule has 148 valence electrons. The predicted octanol–water partition coefficient (Wildman–Crippen LogP) is 6.31. The number of aliphatic imine (C=N–C) groups is 1. The lowest BCUT2D eigenvalue weighted by molar-refractivity contribution is 0.304. The van der Waals surface area contributed by atoms with Gasteiger partial charge in [-0.15, -0.1) is 0 Å². The minimum absolute atomic E-state index is 0.802. The fourth-order valence-electron chi connectivity index (χ4n) is 3.16. The van der Waals surface area contributed by atoms with Crippen molar-refractivity contribution in [2.24, 2.45) is 12.0 Å². The topological polar surface area (TPSA) is 39.4 Å². The normalized spacial score (nSPS) is 11.4. The van der Waals surface area contributed by atoms with Crippen LogP contribution in [0.3, 0.4) is 0 Å². The molecular formula is C23H35N3O. The molecule has 0 aliphatic carbocycles. The summed E-state index contributed by atoms with van der Waals surface area (Å²) in [6.07, 6.45) is 12.5. The van der Waals surface area contributed by atoms with Crippen molar-refractivity contribution in [3.8, 4) is 5.75 Å². The summed E-state index contributed by atoms with van der Waals surface area (Å²) in [5.74, 6) is 0.934. The molecule has 0 radical (unpaired) electrons. The molecule has 1 aromatic heterocycles. The molecule has 0 aliphatic rings. The highest BCUT2D eigenvalue weighted by Crippen LogP contribution is 2.22. The van der Waals surface area contributed by atoms with Crippen LogP contribution in [-0.4, -0.2) is 22.6 Å². The largest absolute Gasteiger partial charge is 0.494 e. The summed E-state index contributed by atoms with van der Waals surface area (Å²) in [4.78, 5) is 4.60. The van der Waals surface area contributed by atoms with Gasteiger partial charge in [-0.2, -0.15) is 5.10 Å². The first-order chi connectivity index (χ1) is 13.1. The number of hydrogen-bond acceptors (Lipinski definition) is 3. The van der Waals surface area contributed by atoms with Gasteiger partial charge in [-0.3, -0.25) is 9.67 Å². The van der Waals surface area contributed by atoms with Gasteiger partial charge in [0.05, 0.1) is 18.0 Å². The minimum Gasteiger partial charge on any atom is -0.494 e. The molecule has 0 spiro atoms. The van der Waals surface area contributed by atoms with Gasteiger partial charge in [0.2, 0.25) is 0 Å². The lowest BCUT2D eigenvalue weighted by atomic mass is 10.1. The van der Waals surface area contributed by atoms with Crippen molar-refractivity contribution in [3.05, 3.63) is 41.2 Å². The zero-order chi connectivity index (χ0) is 19.5. The van der Waals surface area contributed by atoms with Gasteiger partial charge in [-0.05, 0) is 50.1 Å². The molecule has 0 aliphatic heterocycles. The quantitative estimate of drug-likeness (QED) is 0.325. The molecule has 0 saturated heterocycles. The second-order valence-electron chi connectivity index (χ2n) is 7.29. The zero-order valence-electron chi connectivity index (χ0n) is 17.5. The van der Waals surface area contributed by atoms with Gasteiger partial charge in [-0.25, -0.2) is 0 Å². The summed E-state index contributed by atoms with van der Waals surface area (Å²) >= 11 is 0. The van der Waals surface area contributed by atoms with E-state index < -0.39 is 0 Å². The van der Waals surface area contributed by atoms with Crippen molar-refractivity contribution in [2.75, 3.05) is 6.61 Å². The standard InChI is InChI=1S/C23H35N3O/c1-5-6-7-8-9-10-11-12-17-27-22-15-13-21(14-16-22)18-24-23-19(2)25-26(4)20(23)3/h13-16,18H,5-12,17H2,1-4H3. The summed E-state index contributed by atoms with van der Waals surface area (Å²) in [5, 5.41) is 4.39. The van der Waals surface area contributed by atoms with E-state index in [0.717, 1.165) is 41.4 Å². The first-order valence-corrected chi connectivity index (χ1v) is 10.4. The highest BCUT2D eigenvalue weighted by Gasteiger charge is 2.06. The van der Waals surface area contributed by atoms with Crippen LogP contribution in [0.1, 0.15) is 75.2 Å². The van der Waals surface area contributed by atoms with Gasteiger partial charge in [0.25, 0.3) is 0 Å². The lowest BCUT2D eigenvalue weighted by Crippen LogP contribution is -1.97. The molecule has 0 amide bonds. The number of nitrogens with zero attached hydrogens (tertiary/aromatic N) is 3. The van der Waals surface area contributed by atoms with Crippen LogP contribution in [0, 0.1) is 13.8 Å². The van der Waals surface area contributed by atoms with Gasteiger partial charge in [0.15, 0.2) is 0 Å². The monoisotopic (exact) mass is 369 g/mol. The van der Waals surface area contributed by atoms with E-state index in [1.807, 2.05) is 56.1 Å². The van der Waals surface area contributed by atoms with Crippen LogP contribution in [-0.2, 0) is 7.05 Å². The maximum atomic E-state index is 5.85. The van der Waals surface area contributed by atoms with E-state index in [1.54, 1.807) is 0 Å². The van der Waals surface area contributed by atoms with Crippen molar-refractivity contribution < 1.29 is 4.74 Å². The Kier molecular flexibility index (Phi) is 9.09. The SMILES string of the molecule is CCCCCCCCCCOc1ccc(C=Nc2c(C)nn(C)c2C)cc1. The summed E-state index contributed by atoms with van der Waals surface area (Å²) in [7, 11) is 1.94. The third-order valence-corrected chi connectivity index (χ3v) is 4.96. The minimum atomic E-state index is 0.802. The van der Waals surface area contributed by atoms with Crippen LogP contribution < -0.4 is 4.74 Å². The second-order valence-corrected chi connectivity index (χ2v) is 7.29. The van der Waals surface area contributed by atoms with Gasteiger partial charge >= 0.3 is 0 Å². The van der Waals surface area contributed by atoms with Gasteiger partial charge in [0.1, 0.15) is 11.4 Å². The maximum absolute atomic E-state index is 5.85. The number of ether oxygens (including phenoxy) is 1. The highest BCUT2D eigenvalue weighted by molar-refractivity contribution is 5.82. The van der Waals surface area contributed by atoms with Crippen molar-refractivity contribution >= 4 is 11.9 Å². The number of benzene rings is 1. The second kappa shape index (κ2) is 11.6. The van der Waals surface area contributed by atoms with Crippen LogP contribution >= 0.6 is 0 Å². The third-order valence-electron chi connectivity index (χ3n) is 4.96. The predicted molar refractivity (Wildman–Crippen MR) is 114 cm³/mol. The van der Waals surface area contributed by atoms with Crippen LogP contribution in [0.4, 0.5) is 5.69 Å². The Morgan fingerprint density at radius 1 is 0.963 bits per heavy atom. The van der Waals surface area contributed by atoms with E-state index in [1.165, 1.54) is 44.9 Å². The Balaban J connectivity index is 1.68. The van der Waals surface area contributed by atoms with Crippen molar-refractivity contribution in [3.63, 3.8) is 0 Å². The van der Waals surface area contributed by atoms with Gasteiger partial charge in [-0.1, -0.05) is 51.9 Å². The van der Waals surface area contributed by atoms with Crippen molar-refractivity contribution in [2.45, 2.75) is 72.1 Å². The molecule has 0 unspecified atom stereocenters. The Morgan fingerprint density at radius 3 is 2.19 bits per heavy atom. The molecule has 2 aromatic rings. The number of hydrogen-bond donors (Lipinski definition) is 0. The van der Waals surface area contributed by atoms with Crippen LogP contribution in [0.15, 0.2) is 29.3 Å². The summed E-state index contributed by atoms with van der Waals surface area (Å²) in [6, 6.07) is 8.14. The van der Waals surface area contributed by atoms with E-state index in [4.69, 9.17) is 4.74 Å². The first kappa shape index (κ1) is 21.2. The average molecular weight is 370 g/mol. The number of aromatic nitrogens is 2. The van der Waals surface area contributed by atoms with Crippen LogP contribution in [0.2, 0.25) is 0 Å². The smallest absolute Gasteiger partial charge is 0.119 e. The number of aryl methyl sites for hydroxylation is 2. The molecule has 0 fully saturated rings. The molecular weight excluding hydrogens is 334 g/mol. The summed E-state index contributed by atoms with van der Waals surface area (Å²) in [5.41, 5.74) is 4.05. The van der Waals surface area contributed by atoms with E-state index in [9.17, 15) is 0 Å².